The van der Waals surface area contributed by atoms with Crippen molar-refractivity contribution >= 4 is 12.4 Å². The molecule has 0 heterocycles. The third-order valence-corrected chi connectivity index (χ3v) is 1.52. The molecule has 1 aromatic carbocycles. The van der Waals surface area contributed by atoms with E-state index in [0.29, 0.717) is 6.29 Å². The minimum Gasteiger partial charge on any atom is -0.429 e. The molecule has 0 N–H and O–H groups in total. The fourth-order valence-corrected chi connectivity index (χ4v) is 0.877. The van der Waals surface area contributed by atoms with E-state index in [1.807, 2.05) is 30.3 Å². The van der Waals surface area contributed by atoms with Crippen molar-refractivity contribution in [2.45, 2.75) is 6.61 Å². The van der Waals surface area contributed by atoms with Crippen LogP contribution < -0.4 is 0 Å². The Hall–Kier alpha value is -2.10. The van der Waals surface area contributed by atoms with Crippen molar-refractivity contribution in [3.63, 3.8) is 0 Å². The maximum atomic E-state index is 10.9. The van der Waals surface area contributed by atoms with Gasteiger partial charge >= 0.3 is 6.16 Å². The predicted octanol–water partition coefficient (Wildman–Crippen LogP) is 2.05. The van der Waals surface area contributed by atoms with E-state index in [4.69, 9.17) is 4.74 Å². The summed E-state index contributed by atoms with van der Waals surface area (Å²) in [6.45, 7) is 0.147. The third-order valence-electron chi connectivity index (χ3n) is 1.52. The first-order valence-corrected chi connectivity index (χ1v) is 4.30. The van der Waals surface area contributed by atoms with Gasteiger partial charge in [0.25, 0.3) is 0 Å². The van der Waals surface area contributed by atoms with Gasteiger partial charge in [-0.3, -0.25) is 4.79 Å². The van der Waals surface area contributed by atoms with Crippen LogP contribution in [0.25, 0.3) is 0 Å². The zero-order valence-corrected chi connectivity index (χ0v) is 7.96. The molecule has 0 unspecified atom stereocenters. The van der Waals surface area contributed by atoms with E-state index in [-0.39, 0.29) is 6.61 Å². The maximum Gasteiger partial charge on any atom is 0.513 e. The highest BCUT2D eigenvalue weighted by molar-refractivity contribution is 5.66. The van der Waals surface area contributed by atoms with E-state index in [1.165, 1.54) is 0 Å². The maximum absolute atomic E-state index is 10.9. The molecule has 15 heavy (non-hydrogen) atoms. The Morgan fingerprint density at radius 2 is 2.00 bits per heavy atom. The Labute approximate surface area is 87.1 Å². The second kappa shape index (κ2) is 6.37. The Morgan fingerprint density at radius 1 is 1.27 bits per heavy atom. The lowest BCUT2D eigenvalue weighted by Gasteiger charge is -2.02. The summed E-state index contributed by atoms with van der Waals surface area (Å²) in [6.07, 6.45) is 1.70. The van der Waals surface area contributed by atoms with Gasteiger partial charge in [0.15, 0.2) is 0 Å². The molecule has 78 valence electrons. The number of allylic oxidation sites excluding steroid dienone is 1. The summed E-state index contributed by atoms with van der Waals surface area (Å²) in [4.78, 5) is 20.7. The van der Waals surface area contributed by atoms with Gasteiger partial charge in [0.1, 0.15) is 19.2 Å². The zero-order chi connectivity index (χ0) is 10.9. The summed E-state index contributed by atoms with van der Waals surface area (Å²) in [5.41, 5.74) is 0.869. The molecule has 0 saturated heterocycles. The molecule has 1 aromatic rings. The summed E-state index contributed by atoms with van der Waals surface area (Å²) in [6, 6.07) is 9.21. The van der Waals surface area contributed by atoms with Crippen LogP contribution in [-0.4, -0.2) is 12.4 Å². The number of hydrogen-bond donors (Lipinski definition) is 0. The van der Waals surface area contributed by atoms with Gasteiger partial charge in [-0.2, -0.15) is 0 Å². The summed E-state index contributed by atoms with van der Waals surface area (Å²) in [7, 11) is 0. The lowest BCUT2D eigenvalue weighted by Crippen LogP contribution is -2.03. The summed E-state index contributed by atoms with van der Waals surface area (Å²) >= 11 is 0. The van der Waals surface area contributed by atoms with Crippen LogP contribution in [-0.2, 0) is 20.9 Å². The molecule has 0 aliphatic heterocycles. The third kappa shape index (κ3) is 4.61. The van der Waals surface area contributed by atoms with E-state index in [0.717, 1.165) is 17.9 Å². The van der Waals surface area contributed by atoms with Gasteiger partial charge in [0.2, 0.25) is 0 Å². The predicted molar refractivity (Wildman–Crippen MR) is 52.9 cm³/mol. The van der Waals surface area contributed by atoms with Crippen molar-refractivity contribution in [2.75, 3.05) is 0 Å². The number of ether oxygens (including phenoxy) is 2. The first-order chi connectivity index (χ1) is 7.33. The Kier molecular flexibility index (Phi) is 4.66. The monoisotopic (exact) mass is 206 g/mol. The van der Waals surface area contributed by atoms with Crippen molar-refractivity contribution in [2.24, 2.45) is 0 Å². The van der Waals surface area contributed by atoms with Crippen molar-refractivity contribution < 1.29 is 19.1 Å². The molecular weight excluding hydrogens is 196 g/mol. The van der Waals surface area contributed by atoms with Crippen LogP contribution in [0.3, 0.4) is 0 Å². The van der Waals surface area contributed by atoms with Gasteiger partial charge in [0.05, 0.1) is 0 Å². The van der Waals surface area contributed by atoms with Crippen LogP contribution in [0.1, 0.15) is 5.56 Å². The largest absolute Gasteiger partial charge is 0.513 e. The van der Waals surface area contributed by atoms with E-state index >= 15 is 0 Å². The molecule has 1 rings (SSSR count). The molecule has 0 fully saturated rings. The normalized spacial score (nSPS) is 9.87. The minimum atomic E-state index is -0.836. The number of rotatable bonds is 4. The molecule has 4 heteroatoms. The quantitative estimate of drug-likeness (QED) is 0.327. The fourth-order valence-electron chi connectivity index (χ4n) is 0.877. The number of carbonyl (C=O) groups is 2. The molecule has 0 atom stereocenters. The van der Waals surface area contributed by atoms with Crippen LogP contribution in [0.2, 0.25) is 0 Å². The summed E-state index contributed by atoms with van der Waals surface area (Å²) < 4.78 is 9.18. The standard InChI is InChI=1S/C11H10O4/c12-7-4-8-14-11(13)15-9-10-5-2-1-3-6-10/h1-8H,9H2. The van der Waals surface area contributed by atoms with Gasteiger partial charge in [-0.05, 0) is 5.56 Å². The van der Waals surface area contributed by atoms with Crippen LogP contribution in [0.4, 0.5) is 4.79 Å². The van der Waals surface area contributed by atoms with Crippen LogP contribution in [0, 0.1) is 0 Å². The summed E-state index contributed by atoms with van der Waals surface area (Å²) in [5, 5.41) is 0. The second-order valence-corrected chi connectivity index (χ2v) is 2.61. The molecule has 0 saturated carbocycles. The van der Waals surface area contributed by atoms with Gasteiger partial charge in [-0.25, -0.2) is 4.79 Å². The molecule has 0 aliphatic rings. The first kappa shape index (κ1) is 11.0. The van der Waals surface area contributed by atoms with E-state index < -0.39 is 6.16 Å². The number of carbonyl (C=O) groups excluding carboxylic acids is 2. The highest BCUT2D eigenvalue weighted by atomic mass is 16.7. The van der Waals surface area contributed by atoms with Crippen LogP contribution >= 0.6 is 0 Å². The number of aldehydes is 1. The Morgan fingerprint density at radius 3 is 2.67 bits per heavy atom. The minimum absolute atomic E-state index is 0.147. The molecule has 0 aliphatic carbocycles. The first-order valence-electron chi connectivity index (χ1n) is 4.30. The molecule has 4 nitrogen and oxygen atoms in total. The highest BCUT2D eigenvalue weighted by Gasteiger charge is 2.01. The zero-order valence-electron chi connectivity index (χ0n) is 7.96. The van der Waals surface area contributed by atoms with Crippen molar-refractivity contribution in [1.82, 2.24) is 0 Å². The van der Waals surface area contributed by atoms with Crippen molar-refractivity contribution in [3.8, 4) is 0 Å². The van der Waals surface area contributed by atoms with E-state index in [2.05, 4.69) is 4.74 Å². The van der Waals surface area contributed by atoms with Gasteiger partial charge in [-0.15, -0.1) is 0 Å². The van der Waals surface area contributed by atoms with Gasteiger partial charge < -0.3 is 9.47 Å². The molecule has 0 amide bonds. The smallest absolute Gasteiger partial charge is 0.429 e. The molecule has 0 radical (unpaired) electrons. The highest BCUT2D eigenvalue weighted by Crippen LogP contribution is 2.01. The summed E-state index contributed by atoms with van der Waals surface area (Å²) in [5.74, 6) is 0. The van der Waals surface area contributed by atoms with Crippen molar-refractivity contribution in [3.05, 3.63) is 48.2 Å². The van der Waals surface area contributed by atoms with E-state index in [1.54, 1.807) is 0 Å². The average Bonchev–Trinajstić information content (AvgIpc) is 2.28. The lowest BCUT2D eigenvalue weighted by atomic mass is 10.2. The van der Waals surface area contributed by atoms with Crippen LogP contribution in [0.5, 0.6) is 0 Å². The van der Waals surface area contributed by atoms with Gasteiger partial charge in [-0.1, -0.05) is 30.3 Å². The number of benzene rings is 1. The van der Waals surface area contributed by atoms with E-state index in [9.17, 15) is 9.59 Å². The fraction of sp³-hybridized carbons (Fsp3) is 0.0909. The number of hydrogen-bond acceptors (Lipinski definition) is 4. The SMILES string of the molecule is O=CC=COC(=O)OCc1ccccc1. The van der Waals surface area contributed by atoms with Gasteiger partial charge in [0, 0.05) is 6.08 Å². The average molecular weight is 206 g/mol. The lowest BCUT2D eigenvalue weighted by molar-refractivity contribution is -0.104. The Balaban J connectivity index is 2.28. The molecule has 0 bridgehead atoms. The van der Waals surface area contributed by atoms with Crippen molar-refractivity contribution in [1.29, 1.82) is 0 Å². The molecule has 0 spiro atoms. The molecular formula is C11H10O4. The Bertz CT molecular complexity index is 343. The van der Waals surface area contributed by atoms with Crippen LogP contribution in [0.15, 0.2) is 42.7 Å². The topological polar surface area (TPSA) is 52.6 Å². The molecule has 0 aromatic heterocycles. The second-order valence-electron chi connectivity index (χ2n) is 2.61.